The lowest BCUT2D eigenvalue weighted by atomic mass is 9.84. The molecule has 0 heterocycles. The molecule has 17 heavy (non-hydrogen) atoms. The van der Waals surface area contributed by atoms with E-state index in [1.165, 1.54) is 29.3 Å². The van der Waals surface area contributed by atoms with E-state index in [0.717, 1.165) is 6.54 Å². The third kappa shape index (κ3) is 3.07. The van der Waals surface area contributed by atoms with E-state index in [2.05, 4.69) is 58.7 Å². The van der Waals surface area contributed by atoms with Crippen LogP contribution in [-0.2, 0) is 0 Å². The number of halogens is 1. The van der Waals surface area contributed by atoms with Crippen LogP contribution in [-0.4, -0.2) is 17.5 Å². The van der Waals surface area contributed by atoms with Gasteiger partial charge in [0, 0.05) is 21.8 Å². The lowest BCUT2D eigenvalue weighted by Crippen LogP contribution is -2.44. The predicted molar refractivity (Wildman–Crippen MR) is 80.7 cm³/mol. The molecule has 0 spiro atoms. The van der Waals surface area contributed by atoms with Gasteiger partial charge < -0.3 is 5.32 Å². The van der Waals surface area contributed by atoms with Gasteiger partial charge in [0.05, 0.1) is 0 Å². The maximum absolute atomic E-state index is 3.68. The minimum absolute atomic E-state index is 0.412. The Morgan fingerprint density at radius 2 is 2.12 bits per heavy atom. The second-order valence-electron chi connectivity index (χ2n) is 4.86. The van der Waals surface area contributed by atoms with Crippen LogP contribution in [0.3, 0.4) is 0 Å². The maximum Gasteiger partial charge on any atom is 0.0303 e. The van der Waals surface area contributed by atoms with Crippen molar-refractivity contribution in [3.05, 3.63) is 34.3 Å². The van der Waals surface area contributed by atoms with Crippen LogP contribution in [0, 0.1) is 0 Å². The van der Waals surface area contributed by atoms with Crippen LogP contribution in [0.1, 0.15) is 37.8 Å². The van der Waals surface area contributed by atoms with E-state index in [1.54, 1.807) is 0 Å². The molecule has 1 N–H and O–H groups in total. The van der Waals surface area contributed by atoms with Crippen LogP contribution in [0.5, 0.6) is 0 Å². The van der Waals surface area contributed by atoms with Crippen LogP contribution in [0.2, 0.25) is 0 Å². The molecule has 1 aliphatic carbocycles. The van der Waals surface area contributed by atoms with Gasteiger partial charge in [0.15, 0.2) is 0 Å². The summed E-state index contributed by atoms with van der Waals surface area (Å²) in [7, 11) is 0. The average molecular weight is 314 g/mol. The van der Waals surface area contributed by atoms with Crippen molar-refractivity contribution in [3.8, 4) is 0 Å². The quantitative estimate of drug-likeness (QED) is 0.865. The number of rotatable bonds is 5. The fraction of sp³-hybridized carbons (Fsp3) is 0.571. The minimum atomic E-state index is 0.412. The second-order valence-corrected chi connectivity index (χ2v) is 6.99. The van der Waals surface area contributed by atoms with Crippen molar-refractivity contribution < 1.29 is 0 Å². The summed E-state index contributed by atoms with van der Waals surface area (Å²) in [6.07, 6.45) is 6.36. The van der Waals surface area contributed by atoms with Crippen molar-refractivity contribution in [1.29, 1.82) is 0 Å². The Kier molecular flexibility index (Phi) is 4.56. The fourth-order valence-corrected chi connectivity index (χ4v) is 3.85. The van der Waals surface area contributed by atoms with Crippen LogP contribution in [0.15, 0.2) is 28.7 Å². The van der Waals surface area contributed by atoms with Crippen molar-refractivity contribution in [2.45, 2.75) is 37.0 Å². The minimum Gasteiger partial charge on any atom is -0.309 e. The molecule has 1 saturated carbocycles. The molecule has 0 aromatic heterocycles. The molecule has 0 bridgehead atoms. The fourth-order valence-electron chi connectivity index (χ4n) is 2.30. The van der Waals surface area contributed by atoms with Crippen LogP contribution in [0.4, 0.5) is 0 Å². The zero-order valence-corrected chi connectivity index (χ0v) is 12.9. The second kappa shape index (κ2) is 5.77. The van der Waals surface area contributed by atoms with E-state index >= 15 is 0 Å². The Hall–Kier alpha value is 0.01000. The van der Waals surface area contributed by atoms with E-state index in [0.29, 0.717) is 10.8 Å². The lowest BCUT2D eigenvalue weighted by molar-refractivity contribution is 0.334. The van der Waals surface area contributed by atoms with E-state index < -0.39 is 0 Å². The first-order valence-electron chi connectivity index (χ1n) is 6.20. The normalized spacial score (nSPS) is 19.7. The Labute approximate surface area is 117 Å². The van der Waals surface area contributed by atoms with Gasteiger partial charge in [0.2, 0.25) is 0 Å². The summed E-state index contributed by atoms with van der Waals surface area (Å²) >= 11 is 5.65. The van der Waals surface area contributed by atoms with Crippen molar-refractivity contribution in [2.75, 3.05) is 12.8 Å². The molecule has 2 rings (SSSR count). The summed E-state index contributed by atoms with van der Waals surface area (Å²) in [6, 6.07) is 8.88. The summed E-state index contributed by atoms with van der Waals surface area (Å²) in [5, 5.41) is 3.68. The van der Waals surface area contributed by atoms with E-state index in [9.17, 15) is 0 Å². The molecule has 1 atom stereocenters. The molecular weight excluding hydrogens is 294 g/mol. The Balaban J connectivity index is 1.93. The van der Waals surface area contributed by atoms with Crippen LogP contribution in [0.25, 0.3) is 0 Å². The number of benzene rings is 1. The Bertz CT molecular complexity index is 371. The van der Waals surface area contributed by atoms with Gasteiger partial charge in [-0.25, -0.2) is 0 Å². The molecule has 1 fully saturated rings. The number of hydrogen-bond acceptors (Lipinski definition) is 2. The van der Waals surface area contributed by atoms with Gasteiger partial charge >= 0.3 is 0 Å². The smallest absolute Gasteiger partial charge is 0.0303 e. The van der Waals surface area contributed by atoms with E-state index in [-0.39, 0.29) is 0 Å². The molecule has 1 aromatic carbocycles. The van der Waals surface area contributed by atoms with Gasteiger partial charge in [-0.15, -0.1) is 0 Å². The highest BCUT2D eigenvalue weighted by Gasteiger charge is 2.36. The molecule has 1 aromatic rings. The number of thioether (sulfide) groups is 1. The van der Waals surface area contributed by atoms with Crippen molar-refractivity contribution in [3.63, 3.8) is 0 Å². The summed E-state index contributed by atoms with van der Waals surface area (Å²) in [6.45, 7) is 3.36. The maximum atomic E-state index is 3.68. The molecule has 1 nitrogen and oxygen atoms in total. The first-order chi connectivity index (χ1) is 8.17. The topological polar surface area (TPSA) is 12.0 Å². The summed E-state index contributed by atoms with van der Waals surface area (Å²) in [5.74, 6) is 0. The van der Waals surface area contributed by atoms with Crippen molar-refractivity contribution in [1.82, 2.24) is 5.32 Å². The SMILES string of the molecule is CSC1(CNC(C)c2ccccc2Br)CCC1. The van der Waals surface area contributed by atoms with Gasteiger partial charge in [-0.05, 0) is 37.7 Å². The van der Waals surface area contributed by atoms with Gasteiger partial charge in [-0.1, -0.05) is 40.5 Å². The lowest BCUT2D eigenvalue weighted by Gasteiger charge is -2.41. The van der Waals surface area contributed by atoms with Crippen molar-refractivity contribution >= 4 is 27.7 Å². The summed E-state index contributed by atoms with van der Waals surface area (Å²) in [5.41, 5.74) is 1.35. The number of nitrogens with one attached hydrogen (secondary N) is 1. The van der Waals surface area contributed by atoms with E-state index in [4.69, 9.17) is 0 Å². The standard InChI is InChI=1S/C14H20BrNS/c1-11(12-6-3-4-7-13(12)15)16-10-14(17-2)8-5-9-14/h3-4,6-7,11,16H,5,8-10H2,1-2H3. The van der Waals surface area contributed by atoms with Crippen LogP contribution >= 0.6 is 27.7 Å². The van der Waals surface area contributed by atoms with Gasteiger partial charge in [0.1, 0.15) is 0 Å². The highest BCUT2D eigenvalue weighted by atomic mass is 79.9. The average Bonchev–Trinajstić information content (AvgIpc) is 2.28. The third-order valence-electron chi connectivity index (χ3n) is 3.80. The molecule has 1 unspecified atom stereocenters. The third-order valence-corrected chi connectivity index (χ3v) is 5.94. The highest BCUT2D eigenvalue weighted by Crippen LogP contribution is 2.42. The summed E-state index contributed by atoms with van der Waals surface area (Å²) < 4.78 is 1.71. The molecule has 0 amide bonds. The molecular formula is C14H20BrNS. The number of hydrogen-bond donors (Lipinski definition) is 1. The molecule has 0 radical (unpaired) electrons. The molecule has 0 aliphatic heterocycles. The van der Waals surface area contributed by atoms with Gasteiger partial charge in [-0.2, -0.15) is 11.8 Å². The van der Waals surface area contributed by atoms with E-state index in [1.807, 2.05) is 11.8 Å². The van der Waals surface area contributed by atoms with Crippen molar-refractivity contribution in [2.24, 2.45) is 0 Å². The monoisotopic (exact) mass is 313 g/mol. The molecule has 0 saturated heterocycles. The summed E-state index contributed by atoms with van der Waals surface area (Å²) in [4.78, 5) is 0. The predicted octanol–water partition coefficient (Wildman–Crippen LogP) is 4.39. The molecule has 94 valence electrons. The zero-order valence-electron chi connectivity index (χ0n) is 10.5. The molecule has 1 aliphatic rings. The van der Waals surface area contributed by atoms with Gasteiger partial charge in [0.25, 0.3) is 0 Å². The first-order valence-corrected chi connectivity index (χ1v) is 8.22. The highest BCUT2D eigenvalue weighted by molar-refractivity contribution is 9.10. The van der Waals surface area contributed by atoms with Gasteiger partial charge in [-0.3, -0.25) is 0 Å². The zero-order chi connectivity index (χ0) is 12.3. The Morgan fingerprint density at radius 3 is 2.65 bits per heavy atom. The van der Waals surface area contributed by atoms with Crippen LogP contribution < -0.4 is 5.32 Å². The largest absolute Gasteiger partial charge is 0.309 e. The first kappa shape index (κ1) is 13.4. The Morgan fingerprint density at radius 1 is 1.41 bits per heavy atom. The molecule has 3 heteroatoms.